The number of nitrogens with one attached hydrogen (secondary N) is 5. The molecule has 8 rings (SSSR count). The molecule has 7 amide bonds. The Labute approximate surface area is 525 Å². The number of amides is 7. The van der Waals surface area contributed by atoms with Gasteiger partial charge in [-0.1, -0.05) is 87.4 Å². The lowest BCUT2D eigenvalue weighted by atomic mass is 9.99. The van der Waals surface area contributed by atoms with Crippen LogP contribution in [0.15, 0.2) is 97.1 Å². The fourth-order valence-electron chi connectivity index (χ4n) is 11.5. The summed E-state index contributed by atoms with van der Waals surface area (Å²) in [7, 11) is 0. The molecule has 0 aliphatic carbocycles. The lowest BCUT2D eigenvalue weighted by Crippen LogP contribution is -2.64. The normalized spacial score (nSPS) is 29.9. The van der Waals surface area contributed by atoms with Gasteiger partial charge in [-0.15, -0.1) is 0 Å². The number of β-amino-alcohol motifs (C(OH)–C–C–N with tert-alkyl or cyclic N) is 1. The van der Waals surface area contributed by atoms with Crippen LogP contribution in [0.5, 0.6) is 11.5 Å². The lowest BCUT2D eigenvalue weighted by Gasteiger charge is -2.39. The average molecular weight is 1270 g/mol. The van der Waals surface area contributed by atoms with Gasteiger partial charge in [0.05, 0.1) is 49.8 Å². The molecule has 15 N–H and O–H groups in total. The van der Waals surface area contributed by atoms with Gasteiger partial charge in [0.25, 0.3) is 5.91 Å². The number of hydrogen-bond donors (Lipinski definition) is 15. The number of aliphatic hydroxyl groups excluding tert-OH is 10. The van der Waals surface area contributed by atoms with E-state index in [4.69, 9.17) is 14.2 Å². The second-order valence-corrected chi connectivity index (χ2v) is 23.9. The van der Waals surface area contributed by atoms with Crippen LogP contribution in [-0.4, -0.2) is 239 Å². The first kappa shape index (κ1) is 69.2. The van der Waals surface area contributed by atoms with Crippen LogP contribution in [0.1, 0.15) is 75.7 Å². The number of carbonyl (C=O) groups excluding carboxylic acids is 7. The summed E-state index contributed by atoms with van der Waals surface area (Å²) in [5.41, 5.74) is 3.85. The molecule has 4 heterocycles. The molecule has 4 aromatic carbocycles. The molecular weight excluding hydrogens is 1190 g/mol. The van der Waals surface area contributed by atoms with Crippen molar-refractivity contribution in [2.45, 2.75) is 170 Å². The van der Waals surface area contributed by atoms with Gasteiger partial charge in [0.2, 0.25) is 41.7 Å². The van der Waals surface area contributed by atoms with E-state index in [0.29, 0.717) is 6.61 Å². The Balaban J connectivity index is 1.04. The molecule has 0 unspecified atom stereocenters. The molecule has 0 aromatic heterocycles. The van der Waals surface area contributed by atoms with Gasteiger partial charge < -0.3 is 102 Å². The minimum atomic E-state index is -2.05. The van der Waals surface area contributed by atoms with Crippen LogP contribution in [0.4, 0.5) is 0 Å². The summed E-state index contributed by atoms with van der Waals surface area (Å²) < 4.78 is 16.9. The molecular formula is C64H83N7O20. The van der Waals surface area contributed by atoms with E-state index >= 15 is 0 Å². The molecule has 494 valence electrons. The molecule has 4 aliphatic heterocycles. The van der Waals surface area contributed by atoms with Crippen molar-refractivity contribution >= 4 is 41.4 Å². The van der Waals surface area contributed by atoms with Crippen LogP contribution >= 0.6 is 0 Å². The number of ether oxygens (including phenoxy) is 3. The minimum absolute atomic E-state index is 0.0353. The summed E-state index contributed by atoms with van der Waals surface area (Å²) in [5.74, 6) is -7.52. The SMILES string of the molecule is CCCCCOc1ccc(-c2ccc(-c3ccc(C(=O)N[C@H]4C[C@@H](O)CNC(=O)[C@@H]5[C@@H](O)[C@@H](C)CN5C(=O)[C@H]([C@@H](C)O)NC(=O)[C@H]([C@H](O)Cc5ccc(O[C@@H]6O[C@H](CO)[C@H](O)[C@H](O)[C@H]6O)cc5)NC(=O)[C@@H]5C[C@@H](O)CN5C(=O)[C@H]([C@@H](C)O)NC4=O)cc3)cc2)cc1. The molecule has 4 fully saturated rings. The van der Waals surface area contributed by atoms with Crippen LogP contribution in [0, 0.1) is 5.92 Å². The van der Waals surface area contributed by atoms with Crippen molar-refractivity contribution < 1.29 is 98.8 Å². The van der Waals surface area contributed by atoms with Crippen molar-refractivity contribution in [1.29, 1.82) is 0 Å². The minimum Gasteiger partial charge on any atom is -0.494 e. The smallest absolute Gasteiger partial charge is 0.251 e. The van der Waals surface area contributed by atoms with Crippen LogP contribution in [0.25, 0.3) is 22.3 Å². The Bertz CT molecular complexity index is 3140. The van der Waals surface area contributed by atoms with Gasteiger partial charge in [0, 0.05) is 50.4 Å². The van der Waals surface area contributed by atoms with Gasteiger partial charge in [0.15, 0.2) is 0 Å². The maximum atomic E-state index is 14.6. The number of nitrogens with zero attached hydrogens (tertiary/aromatic N) is 2. The zero-order valence-electron chi connectivity index (χ0n) is 50.9. The maximum Gasteiger partial charge on any atom is 0.251 e. The summed E-state index contributed by atoms with van der Waals surface area (Å²) in [6.45, 7) is 4.39. The van der Waals surface area contributed by atoms with E-state index in [0.717, 1.165) is 70.9 Å². The van der Waals surface area contributed by atoms with Crippen molar-refractivity contribution in [2.75, 3.05) is 32.8 Å². The largest absolute Gasteiger partial charge is 0.494 e. The summed E-state index contributed by atoms with van der Waals surface area (Å²) in [5, 5.41) is 121. The van der Waals surface area contributed by atoms with Crippen molar-refractivity contribution in [3.05, 3.63) is 108 Å². The van der Waals surface area contributed by atoms with E-state index in [1.807, 2.05) is 48.5 Å². The first-order valence-electron chi connectivity index (χ1n) is 30.6. The van der Waals surface area contributed by atoms with Crippen LogP contribution < -0.4 is 36.1 Å². The van der Waals surface area contributed by atoms with Crippen molar-refractivity contribution in [1.82, 2.24) is 36.4 Å². The first-order valence-corrected chi connectivity index (χ1v) is 30.6. The molecule has 4 aliphatic rings. The monoisotopic (exact) mass is 1270 g/mol. The van der Waals surface area contributed by atoms with Crippen LogP contribution in [0.2, 0.25) is 0 Å². The van der Waals surface area contributed by atoms with E-state index < -0.39 is 190 Å². The number of unbranched alkanes of at least 4 members (excludes halogenated alkanes) is 2. The molecule has 91 heavy (non-hydrogen) atoms. The van der Waals surface area contributed by atoms with Gasteiger partial charge >= 0.3 is 0 Å². The van der Waals surface area contributed by atoms with Gasteiger partial charge in [-0.2, -0.15) is 0 Å². The van der Waals surface area contributed by atoms with Crippen LogP contribution in [0.3, 0.4) is 0 Å². The Hall–Kier alpha value is -7.67. The third-order valence-corrected chi connectivity index (χ3v) is 16.9. The molecule has 27 nitrogen and oxygen atoms in total. The molecule has 27 heteroatoms. The zero-order valence-corrected chi connectivity index (χ0v) is 50.9. The lowest BCUT2D eigenvalue weighted by molar-refractivity contribution is -0.277. The number of fused-ring (bicyclic) bond motifs is 2. The highest BCUT2D eigenvalue weighted by molar-refractivity contribution is 6.00. The highest BCUT2D eigenvalue weighted by Gasteiger charge is 2.50. The fraction of sp³-hybridized carbons (Fsp3) is 0.516. The zero-order chi connectivity index (χ0) is 66.0. The maximum absolute atomic E-state index is 14.6. The molecule has 0 bridgehead atoms. The van der Waals surface area contributed by atoms with Crippen molar-refractivity contribution in [3.8, 4) is 33.8 Å². The summed E-state index contributed by atoms with van der Waals surface area (Å²) in [6, 6.07) is 16.5. The molecule has 0 radical (unpaired) electrons. The quantitative estimate of drug-likeness (QED) is 0.0496. The summed E-state index contributed by atoms with van der Waals surface area (Å²) in [4.78, 5) is 103. The molecule has 4 saturated heterocycles. The number of aliphatic hydroxyl groups is 10. The van der Waals surface area contributed by atoms with E-state index in [-0.39, 0.29) is 23.4 Å². The molecule has 0 spiro atoms. The second-order valence-electron chi connectivity index (χ2n) is 23.9. The highest BCUT2D eigenvalue weighted by Crippen LogP contribution is 2.30. The number of benzene rings is 4. The summed E-state index contributed by atoms with van der Waals surface area (Å²) in [6.07, 6.45) is -16.3. The summed E-state index contributed by atoms with van der Waals surface area (Å²) >= 11 is 0. The molecule has 18 atom stereocenters. The van der Waals surface area contributed by atoms with Gasteiger partial charge in [-0.05, 0) is 84.5 Å². The second kappa shape index (κ2) is 31.1. The van der Waals surface area contributed by atoms with Crippen molar-refractivity contribution in [2.24, 2.45) is 5.92 Å². The van der Waals surface area contributed by atoms with Gasteiger partial charge in [0.1, 0.15) is 72.2 Å². The topological polar surface area (TPSA) is 416 Å². The molecule has 4 aromatic rings. The van der Waals surface area contributed by atoms with E-state index in [1.54, 1.807) is 12.1 Å². The average Bonchev–Trinajstić information content (AvgIpc) is 1.77. The van der Waals surface area contributed by atoms with Crippen LogP contribution in [-0.2, 0) is 39.9 Å². The Morgan fingerprint density at radius 2 is 1.18 bits per heavy atom. The van der Waals surface area contributed by atoms with Gasteiger partial charge in [-0.25, -0.2) is 0 Å². The third-order valence-electron chi connectivity index (χ3n) is 16.9. The highest BCUT2D eigenvalue weighted by atomic mass is 16.7. The predicted octanol–water partition coefficient (Wildman–Crippen LogP) is -2.26. The predicted molar refractivity (Wildman–Crippen MR) is 324 cm³/mol. The number of rotatable bonds is 17. The number of hydrogen-bond acceptors (Lipinski definition) is 20. The molecule has 0 saturated carbocycles. The standard InChI is InChI=1S/C64H83N7O20/c1-5-6-7-24-89-43-22-18-39(19-23-43)37-12-10-36(11-13-37)38-14-16-40(17-15-38)57(82)66-45-26-41(75)28-65-61(86)52-53(78)32(2)29-71(52)63(88)50(34(4)74)68-60(85)51(69-59(84)46-27-42(76)30-70(46)62(87)49(33(3)73)67-58(45)83)47(77)25-35-8-20-44(21-9-35)90-64-56(81)55(80)54(79)48(31-72)91-64/h8-23,32-34,41-42,45-56,64,72-81H,5-7,24-31H2,1-4H3,(H,65,86)(H,66,82)(H,67,83)(H,68,85)(H,69,84)/t32-,33+,34+,41+,42+,45-,46-,47+,48+,49-,50-,51-,52-,53-,54-,55-,56+,64+/m0/s1. The Morgan fingerprint density at radius 3 is 1.76 bits per heavy atom. The van der Waals surface area contributed by atoms with E-state index in [1.165, 1.54) is 43.3 Å². The Morgan fingerprint density at radius 1 is 0.626 bits per heavy atom. The fourth-order valence-corrected chi connectivity index (χ4v) is 11.5. The van der Waals surface area contributed by atoms with E-state index in [2.05, 4.69) is 33.5 Å². The third kappa shape index (κ3) is 16.9. The Kier molecular flexibility index (Phi) is 23.7. The number of carbonyl (C=O) groups is 7. The first-order chi connectivity index (χ1) is 43.4. The van der Waals surface area contributed by atoms with E-state index in [9.17, 15) is 84.6 Å². The van der Waals surface area contributed by atoms with Crippen molar-refractivity contribution in [3.63, 3.8) is 0 Å². The van der Waals surface area contributed by atoms with Gasteiger partial charge in [-0.3, -0.25) is 33.6 Å².